The molecule has 2 aromatic carbocycles. The number of piperidine rings is 1. The Morgan fingerprint density at radius 2 is 1.79 bits per heavy atom. The second-order valence-corrected chi connectivity index (χ2v) is 7.20. The third kappa shape index (κ3) is 5.28. The largest absolute Gasteiger partial charge is 0.493 e. The van der Waals surface area contributed by atoms with Gasteiger partial charge in [-0.15, -0.1) is 0 Å². The van der Waals surface area contributed by atoms with Crippen molar-refractivity contribution in [3.05, 3.63) is 54.1 Å². The van der Waals surface area contributed by atoms with Gasteiger partial charge in [0.1, 0.15) is 0 Å². The number of anilines is 1. The minimum absolute atomic E-state index is 0.0610. The molecule has 1 aliphatic rings. The van der Waals surface area contributed by atoms with Gasteiger partial charge in [0.2, 0.25) is 0 Å². The molecule has 3 rings (SSSR count). The van der Waals surface area contributed by atoms with Crippen molar-refractivity contribution < 1.29 is 19.1 Å². The van der Waals surface area contributed by atoms with E-state index in [0.29, 0.717) is 23.7 Å². The predicted octanol–water partition coefficient (Wildman–Crippen LogP) is 3.66. The van der Waals surface area contributed by atoms with Crippen LogP contribution in [0, 0.1) is 0 Å². The fraction of sp³-hybridized carbons (Fsp3) is 0.391. The van der Waals surface area contributed by atoms with Crippen LogP contribution in [0.25, 0.3) is 0 Å². The van der Waals surface area contributed by atoms with Gasteiger partial charge in [-0.2, -0.15) is 0 Å². The van der Waals surface area contributed by atoms with Gasteiger partial charge in [0.25, 0.3) is 0 Å². The number of hydrogen-bond acceptors (Lipinski definition) is 4. The number of para-hydroxylation sites is 1. The number of carbonyl (C=O) groups is 2. The van der Waals surface area contributed by atoms with Gasteiger partial charge in [0, 0.05) is 18.3 Å². The molecule has 2 amide bonds. The normalized spacial score (nSPS) is 16.2. The van der Waals surface area contributed by atoms with Gasteiger partial charge in [0.15, 0.2) is 11.5 Å². The van der Waals surface area contributed by atoms with E-state index >= 15 is 0 Å². The van der Waals surface area contributed by atoms with E-state index in [9.17, 15) is 9.59 Å². The number of carbonyl (C=O) groups excluding carboxylic acids is 2. The number of benzene rings is 2. The third-order valence-corrected chi connectivity index (χ3v) is 5.33. The molecule has 1 saturated heterocycles. The monoisotopic (exact) mass is 396 g/mol. The third-order valence-electron chi connectivity index (χ3n) is 5.33. The Hall–Kier alpha value is -3.02. The standard InChI is InChI=1S/C23H28N2O4/c1-28-20-14-12-17(16-21(20)29-2)11-13-19-10-6-7-15-25(19)23(27)22(26)24-18-8-4-3-5-9-18/h3-5,8-9,12,14,16,19H,6-7,10-11,13,15H2,1-2H3,(H,24,26). The first kappa shape index (κ1) is 20.7. The lowest BCUT2D eigenvalue weighted by atomic mass is 9.95. The molecule has 29 heavy (non-hydrogen) atoms. The number of nitrogens with one attached hydrogen (secondary N) is 1. The molecule has 1 unspecified atom stereocenters. The molecule has 0 saturated carbocycles. The van der Waals surface area contributed by atoms with E-state index in [1.165, 1.54) is 0 Å². The van der Waals surface area contributed by atoms with E-state index in [1.54, 1.807) is 31.3 Å². The van der Waals surface area contributed by atoms with Gasteiger partial charge < -0.3 is 19.7 Å². The van der Waals surface area contributed by atoms with Crippen LogP contribution in [0.5, 0.6) is 11.5 Å². The first-order valence-corrected chi connectivity index (χ1v) is 10.00. The van der Waals surface area contributed by atoms with Gasteiger partial charge in [-0.05, 0) is 61.9 Å². The van der Waals surface area contributed by atoms with E-state index in [-0.39, 0.29) is 6.04 Å². The number of ether oxygens (including phenoxy) is 2. The van der Waals surface area contributed by atoms with Crippen molar-refractivity contribution in [2.75, 3.05) is 26.1 Å². The molecular weight excluding hydrogens is 368 g/mol. The quantitative estimate of drug-likeness (QED) is 0.757. The van der Waals surface area contributed by atoms with Crippen molar-refractivity contribution in [1.82, 2.24) is 4.90 Å². The minimum Gasteiger partial charge on any atom is -0.493 e. The summed E-state index contributed by atoms with van der Waals surface area (Å²) < 4.78 is 10.7. The lowest BCUT2D eigenvalue weighted by molar-refractivity contribution is -0.145. The lowest BCUT2D eigenvalue weighted by Gasteiger charge is -2.35. The van der Waals surface area contributed by atoms with Crippen molar-refractivity contribution >= 4 is 17.5 Å². The van der Waals surface area contributed by atoms with Crippen LogP contribution in [-0.4, -0.2) is 43.5 Å². The summed E-state index contributed by atoms with van der Waals surface area (Å²) in [5.41, 5.74) is 1.75. The zero-order chi connectivity index (χ0) is 20.6. The fourth-order valence-electron chi connectivity index (χ4n) is 3.77. The first-order valence-electron chi connectivity index (χ1n) is 10.00. The summed E-state index contributed by atoms with van der Waals surface area (Å²) in [5.74, 6) is 0.368. The second-order valence-electron chi connectivity index (χ2n) is 7.20. The van der Waals surface area contributed by atoms with E-state index in [0.717, 1.165) is 37.7 Å². The number of rotatable bonds is 6. The Morgan fingerprint density at radius 3 is 2.52 bits per heavy atom. The summed E-state index contributed by atoms with van der Waals surface area (Å²) in [6, 6.07) is 15.0. The van der Waals surface area contributed by atoms with E-state index in [2.05, 4.69) is 5.32 Å². The Morgan fingerprint density at radius 1 is 1.03 bits per heavy atom. The van der Waals surface area contributed by atoms with Gasteiger partial charge >= 0.3 is 11.8 Å². The molecule has 154 valence electrons. The molecule has 0 aliphatic carbocycles. The maximum Gasteiger partial charge on any atom is 0.313 e. The Labute approximate surface area is 171 Å². The molecule has 1 aliphatic heterocycles. The van der Waals surface area contributed by atoms with Crippen molar-refractivity contribution in [2.45, 2.75) is 38.1 Å². The highest BCUT2D eigenvalue weighted by Gasteiger charge is 2.30. The van der Waals surface area contributed by atoms with Crippen molar-refractivity contribution in [3.63, 3.8) is 0 Å². The average molecular weight is 396 g/mol. The number of hydrogen-bond donors (Lipinski definition) is 1. The molecule has 6 nitrogen and oxygen atoms in total. The number of likely N-dealkylation sites (tertiary alicyclic amines) is 1. The zero-order valence-electron chi connectivity index (χ0n) is 17.0. The van der Waals surface area contributed by atoms with Gasteiger partial charge in [-0.1, -0.05) is 24.3 Å². The number of nitrogens with zero attached hydrogens (tertiary/aromatic N) is 1. The van der Waals surface area contributed by atoms with E-state index < -0.39 is 11.8 Å². The lowest BCUT2D eigenvalue weighted by Crippen LogP contribution is -2.48. The Balaban J connectivity index is 1.63. The Kier molecular flexibility index (Phi) is 7.11. The smallest absolute Gasteiger partial charge is 0.313 e. The fourth-order valence-corrected chi connectivity index (χ4v) is 3.77. The van der Waals surface area contributed by atoms with Crippen molar-refractivity contribution in [1.29, 1.82) is 0 Å². The molecular formula is C23H28N2O4. The summed E-state index contributed by atoms with van der Waals surface area (Å²) in [6.45, 7) is 0.623. The molecule has 0 spiro atoms. The summed E-state index contributed by atoms with van der Waals surface area (Å²) in [6.07, 6.45) is 4.52. The van der Waals surface area contributed by atoms with Gasteiger partial charge in [0.05, 0.1) is 14.2 Å². The molecule has 2 aromatic rings. The first-order chi connectivity index (χ1) is 14.1. The highest BCUT2D eigenvalue weighted by molar-refractivity contribution is 6.39. The van der Waals surface area contributed by atoms with Gasteiger partial charge in [-0.25, -0.2) is 0 Å². The highest BCUT2D eigenvalue weighted by atomic mass is 16.5. The SMILES string of the molecule is COc1ccc(CCC2CCCCN2C(=O)C(=O)Nc2ccccc2)cc1OC. The van der Waals surface area contributed by atoms with Crippen molar-refractivity contribution in [3.8, 4) is 11.5 Å². The predicted molar refractivity (Wildman–Crippen MR) is 112 cm³/mol. The van der Waals surface area contributed by atoms with Crippen LogP contribution in [0.15, 0.2) is 48.5 Å². The number of aryl methyl sites for hydroxylation is 1. The van der Waals surface area contributed by atoms with Crippen LogP contribution in [0.4, 0.5) is 5.69 Å². The number of methoxy groups -OCH3 is 2. The number of amides is 2. The van der Waals surface area contributed by atoms with Gasteiger partial charge in [-0.3, -0.25) is 9.59 Å². The maximum atomic E-state index is 12.8. The molecule has 0 aromatic heterocycles. The van der Waals surface area contributed by atoms with Crippen LogP contribution in [0.3, 0.4) is 0 Å². The molecule has 1 N–H and O–H groups in total. The summed E-state index contributed by atoms with van der Waals surface area (Å²) in [4.78, 5) is 27.0. The molecule has 1 fully saturated rings. The van der Waals surface area contributed by atoms with Crippen LogP contribution in [0.1, 0.15) is 31.2 Å². The van der Waals surface area contributed by atoms with Crippen LogP contribution >= 0.6 is 0 Å². The van der Waals surface area contributed by atoms with Crippen LogP contribution < -0.4 is 14.8 Å². The van der Waals surface area contributed by atoms with E-state index in [4.69, 9.17) is 9.47 Å². The highest BCUT2D eigenvalue weighted by Crippen LogP contribution is 2.29. The topological polar surface area (TPSA) is 67.9 Å². The average Bonchev–Trinajstić information content (AvgIpc) is 2.77. The molecule has 0 radical (unpaired) electrons. The maximum absolute atomic E-state index is 12.8. The minimum atomic E-state index is -0.575. The summed E-state index contributed by atoms with van der Waals surface area (Å²) in [5, 5.41) is 2.70. The summed E-state index contributed by atoms with van der Waals surface area (Å²) in [7, 11) is 3.23. The molecule has 1 atom stereocenters. The zero-order valence-corrected chi connectivity index (χ0v) is 17.0. The van der Waals surface area contributed by atoms with Crippen molar-refractivity contribution in [2.24, 2.45) is 0 Å². The summed E-state index contributed by atoms with van der Waals surface area (Å²) >= 11 is 0. The Bertz CT molecular complexity index is 838. The van der Waals surface area contributed by atoms with E-state index in [1.807, 2.05) is 36.4 Å². The molecule has 0 bridgehead atoms. The van der Waals surface area contributed by atoms with Crippen LogP contribution in [0.2, 0.25) is 0 Å². The van der Waals surface area contributed by atoms with Crippen LogP contribution in [-0.2, 0) is 16.0 Å². The molecule has 1 heterocycles. The second kappa shape index (κ2) is 9.96. The molecule has 6 heteroatoms.